The Morgan fingerprint density at radius 1 is 1.53 bits per heavy atom. The van der Waals surface area contributed by atoms with E-state index < -0.39 is 0 Å². The second-order valence-electron chi connectivity index (χ2n) is 4.23. The fraction of sp³-hybridized carbons (Fsp3) is 0.250. The van der Waals surface area contributed by atoms with Crippen LogP contribution in [0.3, 0.4) is 0 Å². The highest BCUT2D eigenvalue weighted by molar-refractivity contribution is 5.75. The lowest BCUT2D eigenvalue weighted by Crippen LogP contribution is -2.31. The predicted molar refractivity (Wildman–Crippen MR) is 70.3 cm³/mol. The molecule has 0 aromatic carbocycles. The third kappa shape index (κ3) is 3.21. The molecular weight excluding hydrogens is 246 g/mol. The summed E-state index contributed by atoms with van der Waals surface area (Å²) in [6.07, 6.45) is 3.10. The van der Waals surface area contributed by atoms with E-state index in [1.165, 1.54) is 22.9 Å². The highest BCUT2D eigenvalue weighted by Gasteiger charge is 2.06. The molecule has 7 heteroatoms. The number of carbonyl (C=O) groups excluding carboxylic acids is 1. The number of carbonyl (C=O) groups is 1. The highest BCUT2D eigenvalue weighted by Crippen LogP contribution is 2.01. The zero-order valence-electron chi connectivity index (χ0n) is 10.5. The van der Waals surface area contributed by atoms with Crippen molar-refractivity contribution in [2.75, 3.05) is 5.73 Å². The molecule has 2 aromatic heterocycles. The van der Waals surface area contributed by atoms with Crippen LogP contribution in [0.25, 0.3) is 0 Å². The lowest BCUT2D eigenvalue weighted by molar-refractivity contribution is -0.121. The molecule has 2 rings (SSSR count). The maximum Gasteiger partial charge on any atom is 0.251 e. The van der Waals surface area contributed by atoms with E-state index in [-0.39, 0.29) is 18.0 Å². The number of hydrogen-bond donors (Lipinski definition) is 3. The van der Waals surface area contributed by atoms with Crippen molar-refractivity contribution in [3.05, 3.63) is 46.1 Å². The Hall–Kier alpha value is -2.57. The smallest absolute Gasteiger partial charge is 0.251 e. The van der Waals surface area contributed by atoms with Gasteiger partial charge in [0.05, 0.1) is 6.20 Å². The molecule has 0 spiro atoms. The predicted octanol–water partition coefficient (Wildman–Crippen LogP) is -0.222. The number of anilines is 1. The number of nitrogens with two attached hydrogens (primary N) is 1. The van der Waals surface area contributed by atoms with Crippen molar-refractivity contribution < 1.29 is 4.79 Å². The van der Waals surface area contributed by atoms with Crippen LogP contribution in [0.15, 0.2) is 29.3 Å². The molecule has 0 radical (unpaired) electrons. The van der Waals surface area contributed by atoms with Crippen molar-refractivity contribution in [2.45, 2.75) is 20.0 Å². The van der Waals surface area contributed by atoms with Gasteiger partial charge in [0.25, 0.3) is 5.56 Å². The van der Waals surface area contributed by atoms with Crippen molar-refractivity contribution in [1.82, 2.24) is 20.1 Å². The molecule has 2 heterocycles. The first-order valence-corrected chi connectivity index (χ1v) is 5.78. The molecule has 0 aliphatic carbocycles. The first kappa shape index (κ1) is 12.9. The molecule has 0 atom stereocenters. The van der Waals surface area contributed by atoms with Gasteiger partial charge in [0, 0.05) is 35.8 Å². The fourth-order valence-corrected chi connectivity index (χ4v) is 1.63. The number of nitrogen functional groups attached to an aromatic ring is 1. The third-order valence-corrected chi connectivity index (χ3v) is 2.73. The van der Waals surface area contributed by atoms with E-state index in [9.17, 15) is 9.59 Å². The largest absolute Gasteiger partial charge is 0.398 e. The maximum atomic E-state index is 11.7. The van der Waals surface area contributed by atoms with Gasteiger partial charge in [-0.15, -0.1) is 0 Å². The molecule has 0 aliphatic rings. The minimum Gasteiger partial charge on any atom is -0.398 e. The summed E-state index contributed by atoms with van der Waals surface area (Å²) in [6, 6.07) is 2.84. The molecule has 2 aromatic rings. The van der Waals surface area contributed by atoms with E-state index in [4.69, 9.17) is 5.73 Å². The minimum atomic E-state index is -0.260. The molecule has 4 N–H and O–H groups in total. The van der Waals surface area contributed by atoms with E-state index in [1.54, 1.807) is 6.20 Å². The van der Waals surface area contributed by atoms with Crippen LogP contribution in [0.2, 0.25) is 0 Å². The summed E-state index contributed by atoms with van der Waals surface area (Å²) >= 11 is 0. The van der Waals surface area contributed by atoms with Gasteiger partial charge in [-0.05, 0) is 13.0 Å². The molecule has 0 fully saturated rings. The van der Waals surface area contributed by atoms with E-state index >= 15 is 0 Å². The molecule has 7 nitrogen and oxygen atoms in total. The third-order valence-electron chi connectivity index (χ3n) is 2.73. The average molecular weight is 261 g/mol. The molecule has 0 aliphatic heterocycles. The van der Waals surface area contributed by atoms with Crippen LogP contribution in [-0.2, 0) is 17.9 Å². The number of hydrogen-bond acceptors (Lipinski definition) is 4. The Bertz CT molecular complexity index is 644. The van der Waals surface area contributed by atoms with Crippen molar-refractivity contribution in [3.63, 3.8) is 0 Å². The summed E-state index contributed by atoms with van der Waals surface area (Å²) in [5.41, 5.74) is 7.57. The van der Waals surface area contributed by atoms with Crippen LogP contribution in [0.4, 0.5) is 5.69 Å². The quantitative estimate of drug-likeness (QED) is 0.707. The summed E-state index contributed by atoms with van der Waals surface area (Å²) in [6.45, 7) is 2.19. The lowest BCUT2D eigenvalue weighted by atomic mass is 10.2. The first-order chi connectivity index (χ1) is 9.06. The van der Waals surface area contributed by atoms with E-state index in [1.807, 2.05) is 6.92 Å². The maximum absolute atomic E-state index is 11.7. The summed E-state index contributed by atoms with van der Waals surface area (Å²) in [5, 5.41) is 9.37. The normalized spacial score (nSPS) is 10.4. The van der Waals surface area contributed by atoms with E-state index in [0.29, 0.717) is 12.2 Å². The molecule has 0 bridgehead atoms. The Kier molecular flexibility index (Phi) is 3.65. The Labute approximate surface area is 109 Å². The number of nitrogens with zero attached hydrogens (tertiary/aromatic N) is 2. The number of aryl methyl sites for hydroxylation is 1. The van der Waals surface area contributed by atoms with Gasteiger partial charge in [-0.1, -0.05) is 0 Å². The number of rotatable bonds is 4. The zero-order valence-corrected chi connectivity index (χ0v) is 10.5. The second-order valence-corrected chi connectivity index (χ2v) is 4.23. The lowest BCUT2D eigenvalue weighted by Gasteiger charge is -2.07. The van der Waals surface area contributed by atoms with Crippen molar-refractivity contribution in [3.8, 4) is 0 Å². The second kappa shape index (κ2) is 5.38. The molecule has 100 valence electrons. The molecule has 0 saturated carbocycles. The monoisotopic (exact) mass is 261 g/mol. The number of amides is 1. The van der Waals surface area contributed by atoms with E-state index in [0.717, 1.165) is 11.3 Å². The SMILES string of the molecule is Cc1[nH]ncc1CNC(=O)Cn1cc(N)ccc1=O. The summed E-state index contributed by atoms with van der Waals surface area (Å²) < 4.78 is 1.27. The fourth-order valence-electron chi connectivity index (χ4n) is 1.63. The average Bonchev–Trinajstić information content (AvgIpc) is 2.77. The topological polar surface area (TPSA) is 106 Å². The molecule has 0 saturated heterocycles. The van der Waals surface area contributed by atoms with Gasteiger partial charge >= 0.3 is 0 Å². The Morgan fingerprint density at radius 2 is 2.32 bits per heavy atom. The van der Waals surface area contributed by atoms with Gasteiger partial charge in [0.2, 0.25) is 5.91 Å². The van der Waals surface area contributed by atoms with Crippen molar-refractivity contribution >= 4 is 11.6 Å². The van der Waals surface area contributed by atoms with Crippen molar-refractivity contribution in [2.24, 2.45) is 0 Å². The van der Waals surface area contributed by atoms with Gasteiger partial charge in [-0.25, -0.2) is 0 Å². The number of H-pyrrole nitrogens is 1. The number of nitrogens with one attached hydrogen (secondary N) is 2. The van der Waals surface area contributed by atoms with Crippen LogP contribution < -0.4 is 16.6 Å². The van der Waals surface area contributed by atoms with Gasteiger partial charge in [0.15, 0.2) is 0 Å². The highest BCUT2D eigenvalue weighted by atomic mass is 16.2. The molecule has 19 heavy (non-hydrogen) atoms. The van der Waals surface area contributed by atoms with Crippen LogP contribution in [-0.4, -0.2) is 20.7 Å². The number of aromatic amines is 1. The number of aromatic nitrogens is 3. The zero-order chi connectivity index (χ0) is 13.8. The standard InChI is InChI=1S/C12H15N5O2/c1-8-9(5-15-16-8)4-14-11(18)7-17-6-10(13)2-3-12(17)19/h2-3,5-6H,4,7,13H2,1H3,(H,14,18)(H,15,16). The van der Waals surface area contributed by atoms with E-state index in [2.05, 4.69) is 15.5 Å². The van der Waals surface area contributed by atoms with Crippen molar-refractivity contribution in [1.29, 1.82) is 0 Å². The summed E-state index contributed by atoms with van der Waals surface area (Å²) in [7, 11) is 0. The minimum absolute atomic E-state index is 0.0548. The van der Waals surface area contributed by atoms with Crippen LogP contribution in [0.5, 0.6) is 0 Å². The van der Waals surface area contributed by atoms with Crippen LogP contribution in [0, 0.1) is 6.92 Å². The van der Waals surface area contributed by atoms with Gasteiger partial charge < -0.3 is 15.6 Å². The summed E-state index contributed by atoms with van der Waals surface area (Å²) in [5.74, 6) is -0.256. The molecular formula is C12H15N5O2. The van der Waals surface area contributed by atoms with Crippen LogP contribution >= 0.6 is 0 Å². The number of pyridine rings is 1. The Balaban J connectivity index is 1.96. The van der Waals surface area contributed by atoms with Crippen LogP contribution in [0.1, 0.15) is 11.3 Å². The van der Waals surface area contributed by atoms with Gasteiger partial charge in [0.1, 0.15) is 6.54 Å². The van der Waals surface area contributed by atoms with Gasteiger partial charge in [-0.3, -0.25) is 14.7 Å². The first-order valence-electron chi connectivity index (χ1n) is 5.78. The molecule has 1 amide bonds. The Morgan fingerprint density at radius 3 is 3.00 bits per heavy atom. The van der Waals surface area contributed by atoms with Gasteiger partial charge in [-0.2, -0.15) is 5.10 Å². The molecule has 0 unspecified atom stereocenters. The summed E-state index contributed by atoms with van der Waals surface area (Å²) in [4.78, 5) is 23.2.